The second-order valence-corrected chi connectivity index (χ2v) is 7.40. The maximum absolute atomic E-state index is 12.0. The molecule has 2 amide bonds. The average Bonchev–Trinajstić information content (AvgIpc) is 3.43. The Morgan fingerprint density at radius 2 is 2.14 bits per heavy atom. The van der Waals surface area contributed by atoms with Crippen molar-refractivity contribution in [2.24, 2.45) is 5.10 Å². The van der Waals surface area contributed by atoms with Gasteiger partial charge in [0.25, 0.3) is 5.91 Å². The van der Waals surface area contributed by atoms with E-state index in [1.54, 1.807) is 12.1 Å². The first-order valence-corrected chi connectivity index (χ1v) is 9.59. The average molecular weight is 479 g/mol. The Balaban J connectivity index is 1.31. The summed E-state index contributed by atoms with van der Waals surface area (Å²) in [6.45, 7) is 0.168. The van der Waals surface area contributed by atoms with Crippen LogP contribution >= 0.6 is 27.3 Å². The maximum Gasteiger partial charge on any atom is 0.294 e. The fraction of sp³-hybridized carbons (Fsp3) is 0.133. The van der Waals surface area contributed by atoms with Crippen LogP contribution in [0.5, 0.6) is 11.5 Å². The van der Waals surface area contributed by atoms with Gasteiger partial charge in [-0.1, -0.05) is 11.3 Å². The molecule has 12 nitrogen and oxygen atoms in total. The van der Waals surface area contributed by atoms with Crippen LogP contribution in [0.2, 0.25) is 0 Å². The predicted molar refractivity (Wildman–Crippen MR) is 104 cm³/mol. The summed E-state index contributed by atoms with van der Waals surface area (Å²) < 4.78 is 11.3. The lowest BCUT2D eigenvalue weighted by atomic mass is 10.2. The molecule has 0 radical (unpaired) electrons. The van der Waals surface area contributed by atoms with Crippen LogP contribution in [0.4, 0.5) is 5.13 Å². The van der Waals surface area contributed by atoms with Gasteiger partial charge in [-0.15, -0.1) is 10.2 Å². The fourth-order valence-corrected chi connectivity index (χ4v) is 3.39. The van der Waals surface area contributed by atoms with Gasteiger partial charge in [-0.3, -0.25) is 20.0 Å². The Morgan fingerprint density at radius 1 is 1.31 bits per heavy atom. The molecule has 1 aromatic carbocycles. The van der Waals surface area contributed by atoms with E-state index in [0.29, 0.717) is 22.1 Å². The number of anilines is 1. The highest BCUT2D eigenvalue weighted by atomic mass is 79.9. The van der Waals surface area contributed by atoms with Crippen molar-refractivity contribution in [1.82, 2.24) is 30.8 Å². The number of hydrogen-bond acceptors (Lipinski definition) is 10. The number of benzene rings is 1. The number of aromatic nitrogens is 5. The number of hydrogen-bond donors (Lipinski definition) is 3. The number of rotatable bonds is 6. The Kier molecular flexibility index (Phi) is 5.44. The molecule has 3 heterocycles. The zero-order chi connectivity index (χ0) is 20.2. The topological polar surface area (TPSA) is 156 Å². The van der Waals surface area contributed by atoms with Crippen molar-refractivity contribution in [2.75, 3.05) is 12.1 Å². The van der Waals surface area contributed by atoms with Crippen molar-refractivity contribution in [2.45, 2.75) is 6.42 Å². The van der Waals surface area contributed by atoms with Crippen LogP contribution in [0.1, 0.15) is 21.2 Å². The van der Waals surface area contributed by atoms with Gasteiger partial charge in [0.2, 0.25) is 23.7 Å². The highest BCUT2D eigenvalue weighted by Gasteiger charge is 2.16. The third-order valence-electron chi connectivity index (χ3n) is 3.51. The van der Waals surface area contributed by atoms with E-state index in [1.165, 1.54) is 12.5 Å². The lowest BCUT2D eigenvalue weighted by Gasteiger charge is -2.01. The number of nitrogens with one attached hydrogen (secondary N) is 3. The normalized spacial score (nSPS) is 12.3. The van der Waals surface area contributed by atoms with E-state index in [-0.39, 0.29) is 30.1 Å². The van der Waals surface area contributed by atoms with Gasteiger partial charge in [0, 0.05) is 10.0 Å². The summed E-state index contributed by atoms with van der Waals surface area (Å²) in [5.74, 6) is 0.398. The molecule has 0 spiro atoms. The lowest BCUT2D eigenvalue weighted by molar-refractivity contribution is -0.120. The summed E-state index contributed by atoms with van der Waals surface area (Å²) in [6, 6.07) is 3.51. The highest BCUT2D eigenvalue weighted by Crippen LogP contribution is 2.36. The van der Waals surface area contributed by atoms with E-state index < -0.39 is 5.91 Å². The molecule has 0 unspecified atom stereocenters. The summed E-state index contributed by atoms with van der Waals surface area (Å²) in [4.78, 5) is 27.6. The minimum atomic E-state index is -0.506. The molecule has 148 valence electrons. The minimum absolute atomic E-state index is 0.0449. The van der Waals surface area contributed by atoms with Crippen LogP contribution in [-0.2, 0) is 11.2 Å². The Labute approximate surface area is 174 Å². The summed E-state index contributed by atoms with van der Waals surface area (Å²) >= 11 is 4.47. The van der Waals surface area contributed by atoms with Crippen LogP contribution in [-0.4, -0.2) is 50.2 Å². The molecule has 0 atom stereocenters. The van der Waals surface area contributed by atoms with Gasteiger partial charge < -0.3 is 9.47 Å². The monoisotopic (exact) mass is 478 g/mol. The summed E-state index contributed by atoms with van der Waals surface area (Å²) in [6.07, 6.45) is 2.65. The molecule has 0 saturated heterocycles. The van der Waals surface area contributed by atoms with Gasteiger partial charge in [-0.2, -0.15) is 10.2 Å². The van der Waals surface area contributed by atoms with E-state index in [1.807, 2.05) is 0 Å². The molecule has 0 aliphatic carbocycles. The van der Waals surface area contributed by atoms with Crippen molar-refractivity contribution in [3.05, 3.63) is 39.3 Å². The fourth-order valence-electron chi connectivity index (χ4n) is 2.23. The minimum Gasteiger partial charge on any atom is -0.454 e. The molecular formula is C15H11BrN8O4S. The first-order chi connectivity index (χ1) is 14.1. The van der Waals surface area contributed by atoms with Crippen molar-refractivity contribution in [3.63, 3.8) is 0 Å². The summed E-state index contributed by atoms with van der Waals surface area (Å²) in [5, 5.41) is 20.8. The quantitative estimate of drug-likeness (QED) is 0.351. The molecule has 2 aromatic heterocycles. The van der Waals surface area contributed by atoms with Gasteiger partial charge in [0.15, 0.2) is 11.5 Å². The zero-order valence-electron chi connectivity index (χ0n) is 14.4. The number of amides is 2. The predicted octanol–water partition coefficient (Wildman–Crippen LogP) is 1.09. The van der Waals surface area contributed by atoms with E-state index >= 15 is 0 Å². The number of nitrogens with zero attached hydrogens (tertiary/aromatic N) is 5. The molecule has 1 aliphatic heterocycles. The first-order valence-electron chi connectivity index (χ1n) is 7.98. The standard InChI is InChI=1S/C15H11BrN8O4S/c16-8-2-10-9(27-6-28-10)1-7(8)4-18-21-11(25)3-12-22-24-15(29-12)20-14(26)13-17-5-19-23-13/h1-2,4-5H,3,6H2,(H,21,25)(H,17,19,23)(H,20,24,26)/b18-4-. The van der Waals surface area contributed by atoms with Crippen LogP contribution in [0.15, 0.2) is 28.0 Å². The number of carbonyl (C=O) groups is 2. The SMILES string of the molecule is O=C(Cc1nnc(NC(=O)c2ncn[nH]2)s1)N/N=C\c1cc2c(cc1Br)OCO2. The third kappa shape index (κ3) is 4.55. The zero-order valence-corrected chi connectivity index (χ0v) is 16.8. The molecule has 0 fully saturated rings. The molecular weight excluding hydrogens is 468 g/mol. The number of carbonyl (C=O) groups excluding carboxylic acids is 2. The van der Waals surface area contributed by atoms with E-state index in [9.17, 15) is 9.59 Å². The maximum atomic E-state index is 12.0. The van der Waals surface area contributed by atoms with E-state index in [2.05, 4.69) is 57.2 Å². The number of H-pyrrole nitrogens is 1. The second kappa shape index (κ2) is 8.32. The van der Waals surface area contributed by atoms with Crippen LogP contribution in [0, 0.1) is 0 Å². The Hall–Kier alpha value is -3.39. The van der Waals surface area contributed by atoms with Gasteiger partial charge in [-0.05, 0) is 28.1 Å². The van der Waals surface area contributed by atoms with Gasteiger partial charge in [0.05, 0.1) is 12.6 Å². The van der Waals surface area contributed by atoms with Crippen molar-refractivity contribution in [1.29, 1.82) is 0 Å². The van der Waals surface area contributed by atoms with Crippen molar-refractivity contribution in [3.8, 4) is 11.5 Å². The van der Waals surface area contributed by atoms with Crippen molar-refractivity contribution >= 4 is 50.4 Å². The summed E-state index contributed by atoms with van der Waals surface area (Å²) in [7, 11) is 0. The smallest absolute Gasteiger partial charge is 0.294 e. The Morgan fingerprint density at radius 3 is 2.93 bits per heavy atom. The van der Waals surface area contributed by atoms with Crippen LogP contribution < -0.4 is 20.2 Å². The number of halogens is 1. The first kappa shape index (κ1) is 18.9. The lowest BCUT2D eigenvalue weighted by Crippen LogP contribution is -2.19. The molecule has 0 saturated carbocycles. The molecule has 3 N–H and O–H groups in total. The number of fused-ring (bicyclic) bond motifs is 1. The van der Waals surface area contributed by atoms with Gasteiger partial charge >= 0.3 is 0 Å². The number of aromatic amines is 1. The largest absolute Gasteiger partial charge is 0.454 e. The molecule has 0 bridgehead atoms. The molecule has 29 heavy (non-hydrogen) atoms. The van der Waals surface area contributed by atoms with E-state index in [4.69, 9.17) is 9.47 Å². The molecule has 14 heteroatoms. The number of hydrazone groups is 1. The second-order valence-electron chi connectivity index (χ2n) is 5.49. The molecule has 3 aromatic rings. The Bertz CT molecular complexity index is 1080. The molecule has 1 aliphatic rings. The molecule has 4 rings (SSSR count). The van der Waals surface area contributed by atoms with Crippen LogP contribution in [0.3, 0.4) is 0 Å². The van der Waals surface area contributed by atoms with E-state index in [0.717, 1.165) is 15.8 Å². The van der Waals surface area contributed by atoms with Gasteiger partial charge in [0.1, 0.15) is 11.3 Å². The van der Waals surface area contributed by atoms with Crippen LogP contribution in [0.25, 0.3) is 0 Å². The highest BCUT2D eigenvalue weighted by molar-refractivity contribution is 9.10. The van der Waals surface area contributed by atoms with Gasteiger partial charge in [-0.25, -0.2) is 10.4 Å². The van der Waals surface area contributed by atoms with Crippen molar-refractivity contribution < 1.29 is 19.1 Å². The summed E-state index contributed by atoms with van der Waals surface area (Å²) in [5.41, 5.74) is 3.12. The number of ether oxygens (including phenoxy) is 2. The third-order valence-corrected chi connectivity index (χ3v) is 5.04.